The zero-order chi connectivity index (χ0) is 14.6. The number of pyridine rings is 1. The molecule has 0 atom stereocenters. The van der Waals surface area contributed by atoms with Crippen LogP contribution in [0.3, 0.4) is 0 Å². The number of thiazole rings is 1. The second kappa shape index (κ2) is 6.23. The van der Waals surface area contributed by atoms with E-state index in [9.17, 15) is 18.0 Å². The Morgan fingerprint density at radius 3 is 2.80 bits per heavy atom. The Balaban J connectivity index is 2.12. The molecule has 0 bridgehead atoms. The predicted molar refractivity (Wildman–Crippen MR) is 71.1 cm³/mol. The predicted octanol–water partition coefficient (Wildman–Crippen LogP) is 3.44. The Labute approximate surface area is 120 Å². The van der Waals surface area contributed by atoms with E-state index in [-0.39, 0.29) is 10.6 Å². The molecule has 0 fully saturated rings. The van der Waals surface area contributed by atoms with Gasteiger partial charge >= 0.3 is 6.18 Å². The highest BCUT2D eigenvalue weighted by atomic mass is 32.2. The summed E-state index contributed by atoms with van der Waals surface area (Å²) in [6.07, 6.45) is -1.45. The second-order valence-electron chi connectivity index (χ2n) is 3.55. The first kappa shape index (κ1) is 14.8. The Bertz CT molecular complexity index is 587. The molecule has 2 heterocycles. The fraction of sp³-hybridized carbons (Fsp3) is 0.182. The maximum atomic E-state index is 12.2. The first-order valence-corrected chi connectivity index (χ1v) is 7.17. The molecule has 9 heteroatoms. The van der Waals surface area contributed by atoms with Crippen LogP contribution in [0.1, 0.15) is 10.4 Å². The van der Waals surface area contributed by atoms with Gasteiger partial charge in [0, 0.05) is 17.8 Å². The highest BCUT2D eigenvalue weighted by molar-refractivity contribution is 7.99. The van der Waals surface area contributed by atoms with Gasteiger partial charge in [0.25, 0.3) is 5.91 Å². The lowest BCUT2D eigenvalue weighted by molar-refractivity contribution is -0.105. The van der Waals surface area contributed by atoms with Gasteiger partial charge in [0.05, 0.1) is 11.3 Å². The molecule has 0 aromatic carbocycles. The van der Waals surface area contributed by atoms with Crippen molar-refractivity contribution in [1.29, 1.82) is 0 Å². The first-order chi connectivity index (χ1) is 9.46. The molecular weight excluding hydrogens is 311 g/mol. The van der Waals surface area contributed by atoms with E-state index in [4.69, 9.17) is 0 Å². The molecule has 2 rings (SSSR count). The SMILES string of the molecule is O=C(Nc1nccs1)c1cccnc1SCC(F)(F)F. The number of halogens is 3. The van der Waals surface area contributed by atoms with Crippen LogP contribution >= 0.6 is 23.1 Å². The Kier molecular flexibility index (Phi) is 4.61. The largest absolute Gasteiger partial charge is 0.398 e. The molecule has 20 heavy (non-hydrogen) atoms. The van der Waals surface area contributed by atoms with E-state index < -0.39 is 17.8 Å². The van der Waals surface area contributed by atoms with Crippen LogP contribution in [-0.4, -0.2) is 27.8 Å². The molecule has 2 aromatic heterocycles. The van der Waals surface area contributed by atoms with E-state index in [0.717, 1.165) is 0 Å². The average Bonchev–Trinajstić information content (AvgIpc) is 2.88. The van der Waals surface area contributed by atoms with E-state index in [0.29, 0.717) is 16.9 Å². The molecule has 0 unspecified atom stereocenters. The van der Waals surface area contributed by atoms with Crippen molar-refractivity contribution in [2.75, 3.05) is 11.1 Å². The minimum atomic E-state index is -4.31. The standard InChI is InChI=1S/C11H8F3N3OS2/c12-11(13,14)6-20-9-7(2-1-3-15-9)8(18)17-10-16-4-5-19-10/h1-5H,6H2,(H,16,17,18). The minimum Gasteiger partial charge on any atom is -0.298 e. The van der Waals surface area contributed by atoms with Gasteiger partial charge in [0.1, 0.15) is 5.03 Å². The van der Waals surface area contributed by atoms with Gasteiger partial charge in [0.2, 0.25) is 0 Å². The Morgan fingerprint density at radius 2 is 2.15 bits per heavy atom. The number of carbonyl (C=O) groups is 1. The summed E-state index contributed by atoms with van der Waals surface area (Å²) < 4.78 is 36.7. The topological polar surface area (TPSA) is 54.9 Å². The number of aromatic nitrogens is 2. The van der Waals surface area contributed by atoms with Crippen LogP contribution in [0.25, 0.3) is 0 Å². The van der Waals surface area contributed by atoms with Crippen molar-refractivity contribution in [3.05, 3.63) is 35.5 Å². The van der Waals surface area contributed by atoms with Gasteiger partial charge in [-0.2, -0.15) is 13.2 Å². The lowest BCUT2D eigenvalue weighted by Gasteiger charge is -2.09. The van der Waals surface area contributed by atoms with E-state index in [1.54, 1.807) is 5.38 Å². The van der Waals surface area contributed by atoms with Crippen LogP contribution in [0.4, 0.5) is 18.3 Å². The molecule has 2 aromatic rings. The summed E-state index contributed by atoms with van der Waals surface area (Å²) in [5.74, 6) is -1.63. The van der Waals surface area contributed by atoms with Gasteiger partial charge in [-0.25, -0.2) is 9.97 Å². The summed E-state index contributed by atoms with van der Waals surface area (Å²) in [7, 11) is 0. The molecule has 4 nitrogen and oxygen atoms in total. The molecule has 0 radical (unpaired) electrons. The summed E-state index contributed by atoms with van der Waals surface area (Å²) in [5, 5.41) is 4.61. The smallest absolute Gasteiger partial charge is 0.298 e. The zero-order valence-electron chi connectivity index (χ0n) is 9.85. The first-order valence-electron chi connectivity index (χ1n) is 5.31. The van der Waals surface area contributed by atoms with Crippen LogP contribution < -0.4 is 5.32 Å². The summed E-state index contributed by atoms with van der Waals surface area (Å²) in [4.78, 5) is 19.7. The highest BCUT2D eigenvalue weighted by Crippen LogP contribution is 2.28. The normalized spacial score (nSPS) is 11.3. The monoisotopic (exact) mass is 319 g/mol. The zero-order valence-corrected chi connectivity index (χ0v) is 11.5. The van der Waals surface area contributed by atoms with Crippen LogP contribution in [0.2, 0.25) is 0 Å². The molecule has 0 aliphatic heterocycles. The third-order valence-electron chi connectivity index (χ3n) is 2.04. The molecule has 0 saturated heterocycles. The van der Waals surface area contributed by atoms with E-state index in [1.807, 2.05) is 0 Å². The maximum Gasteiger partial charge on any atom is 0.398 e. The second-order valence-corrected chi connectivity index (χ2v) is 5.41. The summed E-state index contributed by atoms with van der Waals surface area (Å²) >= 11 is 1.70. The fourth-order valence-corrected chi connectivity index (χ4v) is 2.55. The fourth-order valence-electron chi connectivity index (χ4n) is 1.28. The molecule has 0 aliphatic carbocycles. The van der Waals surface area contributed by atoms with Gasteiger partial charge in [0.15, 0.2) is 5.13 Å². The third kappa shape index (κ3) is 4.20. The minimum absolute atomic E-state index is 0.0406. The number of hydrogen-bond donors (Lipinski definition) is 1. The van der Waals surface area contributed by atoms with Crippen molar-refractivity contribution in [2.45, 2.75) is 11.2 Å². The Morgan fingerprint density at radius 1 is 1.35 bits per heavy atom. The van der Waals surface area contributed by atoms with Crippen molar-refractivity contribution in [2.24, 2.45) is 0 Å². The van der Waals surface area contributed by atoms with Crippen LogP contribution in [0.15, 0.2) is 34.9 Å². The number of amides is 1. The molecular formula is C11H8F3N3OS2. The summed E-state index contributed by atoms with van der Waals surface area (Å²) in [6, 6.07) is 2.92. The van der Waals surface area contributed by atoms with E-state index in [1.165, 1.54) is 35.9 Å². The maximum absolute atomic E-state index is 12.2. The number of nitrogens with zero attached hydrogens (tertiary/aromatic N) is 2. The van der Waals surface area contributed by atoms with Crippen molar-refractivity contribution in [3.8, 4) is 0 Å². The van der Waals surface area contributed by atoms with Crippen molar-refractivity contribution in [3.63, 3.8) is 0 Å². The van der Waals surface area contributed by atoms with Gasteiger partial charge < -0.3 is 0 Å². The van der Waals surface area contributed by atoms with Crippen LogP contribution in [0, 0.1) is 0 Å². The van der Waals surface area contributed by atoms with Gasteiger partial charge in [-0.3, -0.25) is 10.1 Å². The number of rotatable bonds is 4. The molecule has 1 N–H and O–H groups in total. The summed E-state index contributed by atoms with van der Waals surface area (Å²) in [5.41, 5.74) is 0.0944. The number of nitrogens with one attached hydrogen (secondary N) is 1. The molecule has 106 valence electrons. The Hall–Kier alpha value is -1.61. The van der Waals surface area contributed by atoms with Crippen LogP contribution in [-0.2, 0) is 0 Å². The molecule has 1 amide bonds. The quantitative estimate of drug-likeness (QED) is 0.877. The van der Waals surface area contributed by atoms with Crippen molar-refractivity contribution >= 4 is 34.1 Å². The average molecular weight is 319 g/mol. The van der Waals surface area contributed by atoms with E-state index >= 15 is 0 Å². The number of anilines is 1. The highest BCUT2D eigenvalue weighted by Gasteiger charge is 2.28. The van der Waals surface area contributed by atoms with Crippen molar-refractivity contribution in [1.82, 2.24) is 9.97 Å². The lowest BCUT2D eigenvalue weighted by atomic mass is 10.3. The number of thioether (sulfide) groups is 1. The van der Waals surface area contributed by atoms with Crippen molar-refractivity contribution < 1.29 is 18.0 Å². The number of hydrogen-bond acceptors (Lipinski definition) is 5. The van der Waals surface area contributed by atoms with Crippen LogP contribution in [0.5, 0.6) is 0 Å². The molecule has 0 spiro atoms. The molecule has 0 aliphatic rings. The number of alkyl halides is 3. The lowest BCUT2D eigenvalue weighted by Crippen LogP contribution is -2.15. The van der Waals surface area contributed by atoms with Gasteiger partial charge in [-0.05, 0) is 12.1 Å². The van der Waals surface area contributed by atoms with Gasteiger partial charge in [-0.15, -0.1) is 11.3 Å². The summed E-state index contributed by atoms with van der Waals surface area (Å²) in [6.45, 7) is 0. The number of carbonyl (C=O) groups excluding carboxylic acids is 1. The third-order valence-corrected chi connectivity index (χ3v) is 3.80. The van der Waals surface area contributed by atoms with Gasteiger partial charge in [-0.1, -0.05) is 11.8 Å². The van der Waals surface area contributed by atoms with E-state index in [2.05, 4.69) is 15.3 Å². The molecule has 0 saturated carbocycles.